The van der Waals surface area contributed by atoms with Crippen LogP contribution in [0.2, 0.25) is 0 Å². The highest BCUT2D eigenvalue weighted by atomic mass is 16.5. The zero-order valence-corrected chi connectivity index (χ0v) is 10.1. The van der Waals surface area contributed by atoms with Crippen molar-refractivity contribution in [3.8, 4) is 0 Å². The first kappa shape index (κ1) is 12.6. The molecular weight excluding hydrogens is 204 g/mol. The molecule has 0 aliphatic rings. The van der Waals surface area contributed by atoms with Crippen LogP contribution < -0.4 is 0 Å². The molecule has 0 saturated heterocycles. The van der Waals surface area contributed by atoms with Gasteiger partial charge < -0.3 is 4.74 Å². The average molecular weight is 222 g/mol. The van der Waals surface area contributed by atoms with Gasteiger partial charge in [-0.3, -0.25) is 0 Å². The highest BCUT2D eigenvalue weighted by molar-refractivity contribution is 5.87. The zero-order chi connectivity index (χ0) is 12.0. The minimum Gasteiger partial charge on any atom is -0.461 e. The fourth-order valence-electron chi connectivity index (χ4n) is 1.43. The van der Waals surface area contributed by atoms with Crippen molar-refractivity contribution in [3.63, 3.8) is 0 Å². The number of carbonyl (C=O) groups is 1. The highest BCUT2D eigenvalue weighted by Gasteiger charge is 2.10. The smallest absolute Gasteiger partial charge is 0.357 e. The number of nitrogens with zero attached hydrogens (tertiary/aromatic N) is 2. The molecule has 88 valence electrons. The molecule has 0 saturated carbocycles. The summed E-state index contributed by atoms with van der Waals surface area (Å²) in [6, 6.07) is 1.72. The predicted octanol–water partition coefficient (Wildman–Crippen LogP) is 2.30. The summed E-state index contributed by atoms with van der Waals surface area (Å²) >= 11 is 0. The van der Waals surface area contributed by atoms with Crippen LogP contribution in [0.4, 0.5) is 0 Å². The van der Waals surface area contributed by atoms with Crippen LogP contribution in [0.25, 0.3) is 0 Å². The molecule has 1 aromatic heterocycles. The highest BCUT2D eigenvalue weighted by Crippen LogP contribution is 2.06. The summed E-state index contributed by atoms with van der Waals surface area (Å²) in [4.78, 5) is 19.9. The second kappa shape index (κ2) is 6.20. The van der Waals surface area contributed by atoms with E-state index in [-0.39, 0.29) is 5.97 Å². The van der Waals surface area contributed by atoms with Gasteiger partial charge in [0.05, 0.1) is 6.61 Å². The van der Waals surface area contributed by atoms with Crippen molar-refractivity contribution in [1.82, 2.24) is 9.97 Å². The van der Waals surface area contributed by atoms with Gasteiger partial charge in [-0.2, -0.15) is 0 Å². The minimum atomic E-state index is -0.370. The number of esters is 1. The summed E-state index contributed by atoms with van der Waals surface area (Å²) in [5.41, 5.74) is 1.28. The van der Waals surface area contributed by atoms with E-state index in [1.165, 1.54) is 0 Å². The van der Waals surface area contributed by atoms with E-state index in [1.54, 1.807) is 19.9 Å². The lowest BCUT2D eigenvalue weighted by Gasteiger charge is -2.05. The van der Waals surface area contributed by atoms with Crippen molar-refractivity contribution in [2.24, 2.45) is 0 Å². The van der Waals surface area contributed by atoms with E-state index >= 15 is 0 Å². The van der Waals surface area contributed by atoms with E-state index in [4.69, 9.17) is 4.74 Å². The van der Waals surface area contributed by atoms with Gasteiger partial charge >= 0.3 is 5.97 Å². The molecule has 1 aromatic rings. The van der Waals surface area contributed by atoms with E-state index in [0.717, 1.165) is 25.0 Å². The van der Waals surface area contributed by atoms with Crippen LogP contribution in [-0.2, 0) is 11.2 Å². The first-order chi connectivity index (χ1) is 7.67. The molecule has 16 heavy (non-hydrogen) atoms. The third-order valence-corrected chi connectivity index (χ3v) is 2.16. The summed E-state index contributed by atoms with van der Waals surface area (Å²) in [6.07, 6.45) is 3.06. The van der Waals surface area contributed by atoms with Crippen LogP contribution in [0, 0.1) is 6.92 Å². The molecule has 0 amide bonds. The van der Waals surface area contributed by atoms with Crippen molar-refractivity contribution in [2.45, 2.75) is 40.0 Å². The lowest BCUT2D eigenvalue weighted by atomic mass is 10.2. The maximum atomic E-state index is 11.5. The summed E-state index contributed by atoms with van der Waals surface area (Å²) in [5.74, 6) is 0.252. The molecule has 0 aliphatic heterocycles. The zero-order valence-electron chi connectivity index (χ0n) is 10.1. The number of unbranched alkanes of at least 4 members (excludes halogenated alkanes) is 1. The van der Waals surface area contributed by atoms with Gasteiger partial charge in [0.2, 0.25) is 0 Å². The predicted molar refractivity (Wildman–Crippen MR) is 61.3 cm³/mol. The van der Waals surface area contributed by atoms with Crippen molar-refractivity contribution < 1.29 is 9.53 Å². The van der Waals surface area contributed by atoms with Gasteiger partial charge in [0.25, 0.3) is 0 Å². The Labute approximate surface area is 96.1 Å². The standard InChI is InChI=1S/C12H18N2O2/c1-4-6-7-10-8-11(12(15)16-5-2)14-9(3)13-10/h8H,4-7H2,1-3H3. The number of aryl methyl sites for hydroxylation is 2. The van der Waals surface area contributed by atoms with Crippen LogP contribution in [0.5, 0.6) is 0 Å². The molecule has 0 aliphatic carbocycles. The maximum absolute atomic E-state index is 11.5. The first-order valence-electron chi connectivity index (χ1n) is 5.69. The maximum Gasteiger partial charge on any atom is 0.357 e. The Morgan fingerprint density at radius 2 is 2.12 bits per heavy atom. The second-order valence-electron chi connectivity index (χ2n) is 3.62. The average Bonchev–Trinajstić information content (AvgIpc) is 2.26. The van der Waals surface area contributed by atoms with Gasteiger partial charge in [0.1, 0.15) is 5.82 Å². The Hall–Kier alpha value is -1.45. The number of hydrogen-bond acceptors (Lipinski definition) is 4. The van der Waals surface area contributed by atoms with Gasteiger partial charge in [-0.15, -0.1) is 0 Å². The van der Waals surface area contributed by atoms with Crippen molar-refractivity contribution in [2.75, 3.05) is 6.61 Å². The SMILES string of the molecule is CCCCc1cc(C(=O)OCC)nc(C)n1. The van der Waals surface area contributed by atoms with E-state index in [0.29, 0.717) is 18.1 Å². The molecule has 0 N–H and O–H groups in total. The minimum absolute atomic E-state index is 0.362. The number of ether oxygens (including phenoxy) is 1. The summed E-state index contributed by atoms with van der Waals surface area (Å²) in [7, 11) is 0. The largest absolute Gasteiger partial charge is 0.461 e. The molecule has 0 spiro atoms. The van der Waals surface area contributed by atoms with Crippen molar-refractivity contribution >= 4 is 5.97 Å². The van der Waals surface area contributed by atoms with Crippen LogP contribution in [0.3, 0.4) is 0 Å². The topological polar surface area (TPSA) is 52.1 Å². The Kier molecular flexibility index (Phi) is 4.89. The van der Waals surface area contributed by atoms with E-state index in [2.05, 4.69) is 16.9 Å². The van der Waals surface area contributed by atoms with Gasteiger partial charge in [0.15, 0.2) is 5.69 Å². The number of aromatic nitrogens is 2. The third-order valence-electron chi connectivity index (χ3n) is 2.16. The molecule has 1 rings (SSSR count). The quantitative estimate of drug-likeness (QED) is 0.717. The van der Waals surface area contributed by atoms with E-state index < -0.39 is 0 Å². The monoisotopic (exact) mass is 222 g/mol. The molecule has 0 fully saturated rings. The molecule has 0 aromatic carbocycles. The fourth-order valence-corrected chi connectivity index (χ4v) is 1.43. The molecule has 4 nitrogen and oxygen atoms in total. The normalized spacial score (nSPS) is 10.2. The molecule has 0 radical (unpaired) electrons. The second-order valence-corrected chi connectivity index (χ2v) is 3.62. The van der Waals surface area contributed by atoms with Crippen molar-refractivity contribution in [3.05, 3.63) is 23.3 Å². The lowest BCUT2D eigenvalue weighted by molar-refractivity contribution is 0.0518. The van der Waals surface area contributed by atoms with Crippen LogP contribution in [0.15, 0.2) is 6.07 Å². The van der Waals surface area contributed by atoms with Crippen LogP contribution >= 0.6 is 0 Å². The number of carbonyl (C=O) groups excluding carboxylic acids is 1. The van der Waals surface area contributed by atoms with E-state index in [9.17, 15) is 4.79 Å². The Morgan fingerprint density at radius 1 is 1.38 bits per heavy atom. The Balaban J connectivity index is 2.84. The van der Waals surface area contributed by atoms with Crippen LogP contribution in [0.1, 0.15) is 48.7 Å². The molecule has 0 atom stereocenters. The summed E-state index contributed by atoms with van der Waals surface area (Å²) < 4.78 is 4.91. The van der Waals surface area contributed by atoms with Crippen LogP contribution in [-0.4, -0.2) is 22.5 Å². The lowest BCUT2D eigenvalue weighted by Crippen LogP contribution is -2.10. The molecule has 4 heteroatoms. The van der Waals surface area contributed by atoms with Gasteiger partial charge in [-0.25, -0.2) is 14.8 Å². The number of rotatable bonds is 5. The third kappa shape index (κ3) is 3.61. The van der Waals surface area contributed by atoms with Gasteiger partial charge in [0, 0.05) is 5.69 Å². The summed E-state index contributed by atoms with van der Waals surface area (Å²) in [5, 5.41) is 0. The fraction of sp³-hybridized carbons (Fsp3) is 0.583. The number of hydrogen-bond donors (Lipinski definition) is 0. The van der Waals surface area contributed by atoms with Gasteiger partial charge in [-0.05, 0) is 32.8 Å². The Morgan fingerprint density at radius 3 is 2.75 bits per heavy atom. The Bertz CT molecular complexity index is 364. The van der Waals surface area contributed by atoms with Gasteiger partial charge in [-0.1, -0.05) is 13.3 Å². The van der Waals surface area contributed by atoms with E-state index in [1.807, 2.05) is 0 Å². The molecule has 0 unspecified atom stereocenters. The molecular formula is C12H18N2O2. The van der Waals surface area contributed by atoms with Crippen molar-refractivity contribution in [1.29, 1.82) is 0 Å². The molecule has 0 bridgehead atoms. The first-order valence-corrected chi connectivity index (χ1v) is 5.69. The molecule has 1 heterocycles. The summed E-state index contributed by atoms with van der Waals surface area (Å²) in [6.45, 7) is 6.06.